The van der Waals surface area contributed by atoms with Gasteiger partial charge in [0.15, 0.2) is 0 Å². The number of aryl methyl sites for hydroxylation is 1. The largest absolute Gasteiger partial charge is 0.507 e. The van der Waals surface area contributed by atoms with Crippen LogP contribution in [0.1, 0.15) is 81.2 Å². The van der Waals surface area contributed by atoms with E-state index < -0.39 is 17.7 Å². The van der Waals surface area contributed by atoms with Gasteiger partial charge in [-0.3, -0.25) is 9.59 Å². The molecule has 1 atom stereocenters. The summed E-state index contributed by atoms with van der Waals surface area (Å²) in [4.78, 5) is 28.2. The van der Waals surface area contributed by atoms with Crippen molar-refractivity contribution in [1.29, 1.82) is 0 Å². The van der Waals surface area contributed by atoms with Gasteiger partial charge in [0.25, 0.3) is 11.7 Å². The first-order chi connectivity index (χ1) is 15.6. The molecule has 0 radical (unpaired) electrons. The Hall–Kier alpha value is -2.95. The van der Waals surface area contributed by atoms with Gasteiger partial charge in [-0.05, 0) is 60.1 Å². The van der Waals surface area contributed by atoms with E-state index in [0.29, 0.717) is 11.1 Å². The molecule has 2 fully saturated rings. The Morgan fingerprint density at radius 3 is 2.24 bits per heavy atom. The third-order valence-electron chi connectivity index (χ3n) is 6.99. The summed E-state index contributed by atoms with van der Waals surface area (Å²) in [6, 6.07) is 10.9. The standard InChI is InChI=1S/C28H32FNO3/c1-17-10-13-19(28(2,3)4)16-22(17)25(31)23-24(18-11-14-20(29)15-12-18)30(27(33)26(23)32)21-8-6-5-7-9-21/h10-16,21,24,31H,5-9H2,1-4H3/b25-23+. The molecule has 0 bridgehead atoms. The summed E-state index contributed by atoms with van der Waals surface area (Å²) in [7, 11) is 0. The lowest BCUT2D eigenvalue weighted by molar-refractivity contribution is -0.141. The van der Waals surface area contributed by atoms with Gasteiger partial charge >= 0.3 is 0 Å². The number of benzene rings is 2. The van der Waals surface area contributed by atoms with E-state index in [4.69, 9.17) is 0 Å². The van der Waals surface area contributed by atoms with Crippen molar-refractivity contribution in [2.24, 2.45) is 0 Å². The number of hydrogen-bond donors (Lipinski definition) is 1. The Kier molecular flexibility index (Phi) is 6.17. The zero-order valence-electron chi connectivity index (χ0n) is 19.8. The first kappa shape index (κ1) is 23.2. The Morgan fingerprint density at radius 2 is 1.64 bits per heavy atom. The number of ketones is 1. The van der Waals surface area contributed by atoms with Crippen LogP contribution in [0.2, 0.25) is 0 Å². The second kappa shape index (κ2) is 8.77. The number of likely N-dealkylation sites (tertiary alicyclic amines) is 1. The average molecular weight is 450 g/mol. The van der Waals surface area contributed by atoms with E-state index >= 15 is 0 Å². The number of nitrogens with zero attached hydrogens (tertiary/aromatic N) is 1. The molecule has 5 heteroatoms. The number of rotatable bonds is 3. The van der Waals surface area contributed by atoms with Crippen molar-refractivity contribution in [3.05, 3.63) is 76.1 Å². The molecular weight excluding hydrogens is 417 g/mol. The normalized spacial score (nSPS) is 21.6. The second-order valence-electron chi connectivity index (χ2n) is 10.3. The molecular formula is C28H32FNO3. The molecule has 4 nitrogen and oxygen atoms in total. The molecule has 2 aliphatic rings. The number of halogens is 1. The minimum Gasteiger partial charge on any atom is -0.507 e. The van der Waals surface area contributed by atoms with E-state index in [-0.39, 0.29) is 28.6 Å². The lowest BCUT2D eigenvalue weighted by atomic mass is 9.84. The molecule has 0 aromatic heterocycles. The highest BCUT2D eigenvalue weighted by Gasteiger charge is 2.49. The topological polar surface area (TPSA) is 57.6 Å². The minimum absolute atomic E-state index is 0.0717. The molecule has 4 rings (SSSR count). The number of carbonyl (C=O) groups is 2. The second-order valence-corrected chi connectivity index (χ2v) is 10.3. The van der Waals surface area contributed by atoms with E-state index in [1.165, 1.54) is 12.1 Å². The van der Waals surface area contributed by atoms with Crippen LogP contribution in [0, 0.1) is 12.7 Å². The van der Waals surface area contributed by atoms with Crippen LogP contribution in [-0.2, 0) is 15.0 Å². The van der Waals surface area contributed by atoms with Crippen LogP contribution in [0.3, 0.4) is 0 Å². The van der Waals surface area contributed by atoms with E-state index in [1.807, 2.05) is 25.1 Å². The van der Waals surface area contributed by atoms with Gasteiger partial charge in [-0.1, -0.05) is 64.3 Å². The van der Waals surface area contributed by atoms with Crippen molar-refractivity contribution in [2.75, 3.05) is 0 Å². The van der Waals surface area contributed by atoms with Crippen LogP contribution >= 0.6 is 0 Å². The summed E-state index contributed by atoms with van der Waals surface area (Å²) in [5.74, 6) is -1.80. The predicted octanol–water partition coefficient (Wildman–Crippen LogP) is 6.19. The maximum atomic E-state index is 13.7. The fourth-order valence-electron chi connectivity index (χ4n) is 5.05. The molecule has 1 saturated carbocycles. The Labute approximate surface area is 195 Å². The van der Waals surface area contributed by atoms with Crippen molar-refractivity contribution in [3.63, 3.8) is 0 Å². The van der Waals surface area contributed by atoms with Gasteiger partial charge in [-0.15, -0.1) is 0 Å². The summed E-state index contributed by atoms with van der Waals surface area (Å²) < 4.78 is 13.7. The van der Waals surface area contributed by atoms with Crippen molar-refractivity contribution in [3.8, 4) is 0 Å². The monoisotopic (exact) mass is 449 g/mol. The fraction of sp³-hybridized carbons (Fsp3) is 0.429. The van der Waals surface area contributed by atoms with Gasteiger partial charge in [0.05, 0.1) is 11.6 Å². The molecule has 1 aliphatic carbocycles. The van der Waals surface area contributed by atoms with E-state index in [9.17, 15) is 19.1 Å². The first-order valence-electron chi connectivity index (χ1n) is 11.8. The lowest BCUT2D eigenvalue weighted by Gasteiger charge is -2.35. The maximum Gasteiger partial charge on any atom is 0.295 e. The number of aliphatic hydroxyl groups is 1. The number of carbonyl (C=O) groups excluding carboxylic acids is 2. The number of amides is 1. The van der Waals surface area contributed by atoms with Gasteiger partial charge in [0.1, 0.15) is 11.6 Å². The molecule has 2 aromatic carbocycles. The van der Waals surface area contributed by atoms with E-state index in [0.717, 1.165) is 43.2 Å². The Balaban J connectivity index is 1.91. The van der Waals surface area contributed by atoms with Crippen molar-refractivity contribution in [2.45, 2.75) is 77.3 Å². The summed E-state index contributed by atoms with van der Waals surface area (Å²) in [5.41, 5.74) is 2.97. The minimum atomic E-state index is -0.730. The molecule has 1 N–H and O–H groups in total. The maximum absolute atomic E-state index is 13.7. The third-order valence-corrected chi connectivity index (χ3v) is 6.99. The van der Waals surface area contributed by atoms with Crippen molar-refractivity contribution < 1.29 is 19.1 Å². The number of Topliss-reactive ketones (excluding diaryl/α,β-unsaturated/α-hetero) is 1. The summed E-state index contributed by atoms with van der Waals surface area (Å²) in [6.45, 7) is 8.14. The SMILES string of the molecule is Cc1ccc(C(C)(C)C)cc1/C(O)=C1\C(=O)C(=O)N(C2CCCCC2)C1c1ccc(F)cc1. The summed E-state index contributed by atoms with van der Waals surface area (Å²) in [5, 5.41) is 11.5. The summed E-state index contributed by atoms with van der Waals surface area (Å²) in [6.07, 6.45) is 4.75. The van der Waals surface area contributed by atoms with Crippen LogP contribution in [0.5, 0.6) is 0 Å². The molecule has 0 spiro atoms. The van der Waals surface area contributed by atoms with Gasteiger partial charge in [-0.25, -0.2) is 4.39 Å². The zero-order valence-corrected chi connectivity index (χ0v) is 19.8. The van der Waals surface area contributed by atoms with Crippen molar-refractivity contribution >= 4 is 17.4 Å². The number of hydrogen-bond acceptors (Lipinski definition) is 3. The van der Waals surface area contributed by atoms with Gasteiger partial charge < -0.3 is 10.0 Å². The van der Waals surface area contributed by atoms with E-state index in [2.05, 4.69) is 20.8 Å². The molecule has 1 aliphatic heterocycles. The Morgan fingerprint density at radius 1 is 1.00 bits per heavy atom. The first-order valence-corrected chi connectivity index (χ1v) is 11.8. The smallest absolute Gasteiger partial charge is 0.295 e. The average Bonchev–Trinajstić information content (AvgIpc) is 3.04. The highest BCUT2D eigenvalue weighted by molar-refractivity contribution is 6.46. The van der Waals surface area contributed by atoms with Gasteiger partial charge in [0, 0.05) is 11.6 Å². The highest BCUT2D eigenvalue weighted by atomic mass is 19.1. The third kappa shape index (κ3) is 4.33. The quantitative estimate of drug-likeness (QED) is 0.345. The molecule has 33 heavy (non-hydrogen) atoms. The predicted molar refractivity (Wildman–Crippen MR) is 127 cm³/mol. The number of aliphatic hydroxyl groups excluding tert-OH is 1. The molecule has 1 heterocycles. The molecule has 2 aromatic rings. The molecule has 1 saturated heterocycles. The highest BCUT2D eigenvalue weighted by Crippen LogP contribution is 2.43. The summed E-state index contributed by atoms with van der Waals surface area (Å²) >= 11 is 0. The van der Waals surface area contributed by atoms with Crippen LogP contribution in [0.25, 0.3) is 5.76 Å². The molecule has 1 unspecified atom stereocenters. The van der Waals surface area contributed by atoms with E-state index in [1.54, 1.807) is 17.0 Å². The van der Waals surface area contributed by atoms with Gasteiger partial charge in [0.2, 0.25) is 0 Å². The fourth-order valence-corrected chi connectivity index (χ4v) is 5.05. The zero-order chi connectivity index (χ0) is 23.9. The Bertz CT molecular complexity index is 1100. The van der Waals surface area contributed by atoms with Gasteiger partial charge in [-0.2, -0.15) is 0 Å². The van der Waals surface area contributed by atoms with Crippen LogP contribution in [0.4, 0.5) is 4.39 Å². The lowest BCUT2D eigenvalue weighted by Crippen LogP contribution is -2.40. The van der Waals surface area contributed by atoms with Crippen molar-refractivity contribution in [1.82, 2.24) is 4.90 Å². The molecule has 174 valence electrons. The van der Waals surface area contributed by atoms with Crippen LogP contribution in [-0.4, -0.2) is 27.7 Å². The van der Waals surface area contributed by atoms with Crippen LogP contribution < -0.4 is 0 Å². The molecule has 1 amide bonds. The van der Waals surface area contributed by atoms with Crippen LogP contribution in [0.15, 0.2) is 48.0 Å².